The fraction of sp³-hybridized carbons (Fsp3) is 0.417. The summed E-state index contributed by atoms with van der Waals surface area (Å²) in [5.74, 6) is 0.335. The van der Waals surface area contributed by atoms with Gasteiger partial charge >= 0.3 is 0 Å². The second-order valence-electron chi connectivity index (χ2n) is 3.89. The van der Waals surface area contributed by atoms with Gasteiger partial charge in [-0.1, -0.05) is 12.1 Å². The Labute approximate surface area is 82.9 Å². The van der Waals surface area contributed by atoms with E-state index in [-0.39, 0.29) is 11.7 Å². The van der Waals surface area contributed by atoms with E-state index in [1.807, 2.05) is 0 Å². The van der Waals surface area contributed by atoms with Gasteiger partial charge in [0.05, 0.1) is 0 Å². The van der Waals surface area contributed by atoms with Gasteiger partial charge < -0.3 is 0 Å². The number of halogens is 1. The van der Waals surface area contributed by atoms with Gasteiger partial charge in [0.25, 0.3) is 0 Å². The average Bonchev–Trinajstić information content (AvgIpc) is 2.56. The first-order chi connectivity index (χ1) is 6.75. The summed E-state index contributed by atoms with van der Waals surface area (Å²) in [7, 11) is 0. The number of hydrogen-bond acceptors (Lipinski definition) is 1. The van der Waals surface area contributed by atoms with Crippen molar-refractivity contribution >= 4 is 5.78 Å². The van der Waals surface area contributed by atoms with Crippen LogP contribution >= 0.6 is 0 Å². The SMILES string of the molecule is O=C1CCC[C@@H]1Cc1ccc(F)cc1. The van der Waals surface area contributed by atoms with Crippen molar-refractivity contribution in [2.75, 3.05) is 0 Å². The molecule has 0 spiro atoms. The van der Waals surface area contributed by atoms with Crippen LogP contribution in [-0.4, -0.2) is 5.78 Å². The Morgan fingerprint density at radius 1 is 1.29 bits per heavy atom. The minimum atomic E-state index is -0.216. The number of Topliss-reactive ketones (excluding diaryl/α,β-unsaturated/α-hetero) is 1. The van der Waals surface area contributed by atoms with Crippen molar-refractivity contribution in [3.05, 3.63) is 35.6 Å². The Hall–Kier alpha value is -1.18. The summed E-state index contributed by atoms with van der Waals surface area (Å²) < 4.78 is 12.6. The molecule has 1 aliphatic carbocycles. The molecule has 0 unspecified atom stereocenters. The molecule has 1 aliphatic rings. The molecule has 1 fully saturated rings. The fourth-order valence-electron chi connectivity index (χ4n) is 2.01. The standard InChI is InChI=1S/C12H13FO/c13-11-6-4-9(5-7-11)8-10-2-1-3-12(10)14/h4-7,10H,1-3,8H2/t10-/m1/s1. The van der Waals surface area contributed by atoms with E-state index in [1.165, 1.54) is 12.1 Å². The first-order valence-corrected chi connectivity index (χ1v) is 5.03. The zero-order chi connectivity index (χ0) is 9.97. The van der Waals surface area contributed by atoms with E-state index in [0.717, 1.165) is 31.2 Å². The Kier molecular flexibility index (Phi) is 2.62. The third-order valence-corrected chi connectivity index (χ3v) is 2.83. The molecule has 1 saturated carbocycles. The van der Waals surface area contributed by atoms with Crippen molar-refractivity contribution in [1.29, 1.82) is 0 Å². The molecule has 0 N–H and O–H groups in total. The van der Waals surface area contributed by atoms with Gasteiger partial charge in [-0.2, -0.15) is 0 Å². The topological polar surface area (TPSA) is 17.1 Å². The van der Waals surface area contributed by atoms with Crippen LogP contribution in [0.5, 0.6) is 0 Å². The summed E-state index contributed by atoms with van der Waals surface area (Å²) in [6, 6.07) is 6.44. The zero-order valence-corrected chi connectivity index (χ0v) is 8.00. The first kappa shape index (κ1) is 9.38. The van der Waals surface area contributed by atoms with Gasteiger partial charge in [0.15, 0.2) is 0 Å². The van der Waals surface area contributed by atoms with E-state index in [0.29, 0.717) is 5.78 Å². The summed E-state index contributed by atoms with van der Waals surface area (Å²) in [5.41, 5.74) is 1.06. The molecule has 0 heterocycles. The zero-order valence-electron chi connectivity index (χ0n) is 8.00. The summed E-state index contributed by atoms with van der Waals surface area (Å²) >= 11 is 0. The van der Waals surface area contributed by atoms with Gasteiger partial charge in [0.1, 0.15) is 11.6 Å². The second kappa shape index (κ2) is 3.91. The van der Waals surface area contributed by atoms with Crippen LogP contribution in [0.3, 0.4) is 0 Å². The van der Waals surface area contributed by atoms with Crippen molar-refractivity contribution in [2.24, 2.45) is 5.92 Å². The highest BCUT2D eigenvalue weighted by Crippen LogP contribution is 2.24. The van der Waals surface area contributed by atoms with Gasteiger partial charge in [-0.25, -0.2) is 4.39 Å². The van der Waals surface area contributed by atoms with Crippen LogP contribution in [0.25, 0.3) is 0 Å². The van der Waals surface area contributed by atoms with E-state index in [9.17, 15) is 9.18 Å². The molecule has 1 atom stereocenters. The minimum Gasteiger partial charge on any atom is -0.299 e. The largest absolute Gasteiger partial charge is 0.299 e. The van der Waals surface area contributed by atoms with Crippen molar-refractivity contribution in [2.45, 2.75) is 25.7 Å². The maximum absolute atomic E-state index is 12.6. The molecule has 1 nitrogen and oxygen atoms in total. The number of benzene rings is 1. The molecule has 2 rings (SSSR count). The predicted molar refractivity (Wildman–Crippen MR) is 52.5 cm³/mol. The number of carbonyl (C=O) groups excluding carboxylic acids is 1. The van der Waals surface area contributed by atoms with Gasteiger partial charge in [0.2, 0.25) is 0 Å². The number of ketones is 1. The Balaban J connectivity index is 2.03. The Bertz CT molecular complexity index is 329. The lowest BCUT2D eigenvalue weighted by molar-refractivity contribution is -0.120. The fourth-order valence-corrected chi connectivity index (χ4v) is 2.01. The molecule has 1 aromatic carbocycles. The normalized spacial score (nSPS) is 21.5. The van der Waals surface area contributed by atoms with Crippen LogP contribution in [0.2, 0.25) is 0 Å². The molecule has 14 heavy (non-hydrogen) atoms. The smallest absolute Gasteiger partial charge is 0.136 e. The van der Waals surface area contributed by atoms with Crippen molar-refractivity contribution in [1.82, 2.24) is 0 Å². The van der Waals surface area contributed by atoms with E-state index < -0.39 is 0 Å². The summed E-state index contributed by atoms with van der Waals surface area (Å²) in [6.45, 7) is 0. The Morgan fingerprint density at radius 2 is 2.00 bits per heavy atom. The van der Waals surface area contributed by atoms with Crippen LogP contribution in [0.4, 0.5) is 4.39 Å². The molecule has 0 radical (unpaired) electrons. The third-order valence-electron chi connectivity index (χ3n) is 2.83. The average molecular weight is 192 g/mol. The first-order valence-electron chi connectivity index (χ1n) is 5.03. The van der Waals surface area contributed by atoms with Gasteiger partial charge in [0, 0.05) is 12.3 Å². The lowest BCUT2D eigenvalue weighted by atomic mass is 9.97. The summed E-state index contributed by atoms with van der Waals surface area (Å²) in [6.07, 6.45) is 3.52. The van der Waals surface area contributed by atoms with Crippen molar-refractivity contribution in [3.63, 3.8) is 0 Å². The van der Waals surface area contributed by atoms with Crippen LogP contribution in [0.1, 0.15) is 24.8 Å². The Morgan fingerprint density at radius 3 is 2.57 bits per heavy atom. The number of hydrogen-bond donors (Lipinski definition) is 0. The molecular formula is C12H13FO. The molecule has 0 saturated heterocycles. The van der Waals surface area contributed by atoms with E-state index in [2.05, 4.69) is 0 Å². The predicted octanol–water partition coefficient (Wildman–Crippen LogP) is 2.74. The highest BCUT2D eigenvalue weighted by molar-refractivity contribution is 5.83. The summed E-state index contributed by atoms with van der Waals surface area (Å²) in [5, 5.41) is 0. The van der Waals surface area contributed by atoms with Crippen LogP contribution in [-0.2, 0) is 11.2 Å². The molecule has 0 aromatic heterocycles. The maximum atomic E-state index is 12.6. The number of carbonyl (C=O) groups is 1. The van der Waals surface area contributed by atoms with Crippen LogP contribution in [0.15, 0.2) is 24.3 Å². The molecule has 1 aromatic rings. The lowest BCUT2D eigenvalue weighted by Gasteiger charge is -2.07. The highest BCUT2D eigenvalue weighted by Gasteiger charge is 2.24. The quantitative estimate of drug-likeness (QED) is 0.704. The lowest BCUT2D eigenvalue weighted by Crippen LogP contribution is -2.09. The third kappa shape index (κ3) is 2.00. The van der Waals surface area contributed by atoms with Gasteiger partial charge in [-0.3, -0.25) is 4.79 Å². The van der Waals surface area contributed by atoms with Crippen LogP contribution < -0.4 is 0 Å². The molecule has 74 valence electrons. The molecular weight excluding hydrogens is 179 g/mol. The van der Waals surface area contributed by atoms with Crippen LogP contribution in [0, 0.1) is 11.7 Å². The van der Waals surface area contributed by atoms with Crippen molar-refractivity contribution < 1.29 is 9.18 Å². The minimum absolute atomic E-state index is 0.181. The van der Waals surface area contributed by atoms with Crippen molar-refractivity contribution in [3.8, 4) is 0 Å². The van der Waals surface area contributed by atoms with Gasteiger partial charge in [-0.15, -0.1) is 0 Å². The maximum Gasteiger partial charge on any atom is 0.136 e. The van der Waals surface area contributed by atoms with E-state index in [4.69, 9.17) is 0 Å². The second-order valence-corrected chi connectivity index (χ2v) is 3.89. The van der Waals surface area contributed by atoms with E-state index in [1.54, 1.807) is 12.1 Å². The number of rotatable bonds is 2. The molecule has 0 amide bonds. The van der Waals surface area contributed by atoms with Gasteiger partial charge in [-0.05, 0) is 37.0 Å². The highest BCUT2D eigenvalue weighted by atomic mass is 19.1. The van der Waals surface area contributed by atoms with E-state index >= 15 is 0 Å². The monoisotopic (exact) mass is 192 g/mol. The molecule has 0 aliphatic heterocycles. The molecule has 2 heteroatoms. The summed E-state index contributed by atoms with van der Waals surface area (Å²) in [4.78, 5) is 11.4. The molecule has 0 bridgehead atoms.